The van der Waals surface area contributed by atoms with E-state index in [0.29, 0.717) is 28.2 Å². The molecule has 130 valence electrons. The highest BCUT2D eigenvalue weighted by molar-refractivity contribution is 5.89. The number of methoxy groups -OCH3 is 2. The van der Waals surface area contributed by atoms with Gasteiger partial charge in [-0.2, -0.15) is 0 Å². The molecule has 0 atom stereocenters. The molecule has 1 aromatic heterocycles. The molecular formula is C21H16O5. The highest BCUT2D eigenvalue weighted by Crippen LogP contribution is 2.34. The third-order valence-electron chi connectivity index (χ3n) is 4.18. The second-order valence-electron chi connectivity index (χ2n) is 5.72. The fraction of sp³-hybridized carbons (Fsp3) is 0.0952. The van der Waals surface area contributed by atoms with Gasteiger partial charge in [0.1, 0.15) is 22.8 Å². The lowest BCUT2D eigenvalue weighted by Crippen LogP contribution is -2.04. The summed E-state index contributed by atoms with van der Waals surface area (Å²) in [6.45, 7) is 0. The zero-order chi connectivity index (χ0) is 18.1. The van der Waals surface area contributed by atoms with Gasteiger partial charge in [0.25, 0.3) is 0 Å². The molecule has 4 aromatic rings. The molecule has 0 saturated carbocycles. The average molecular weight is 348 g/mol. The van der Waals surface area contributed by atoms with Crippen LogP contribution in [0.1, 0.15) is 0 Å². The van der Waals surface area contributed by atoms with Gasteiger partial charge in [-0.25, -0.2) is 4.79 Å². The molecule has 4 rings (SSSR count). The molecule has 0 saturated heterocycles. The van der Waals surface area contributed by atoms with Crippen molar-refractivity contribution in [2.45, 2.75) is 0 Å². The Bertz CT molecular complexity index is 1150. The van der Waals surface area contributed by atoms with Gasteiger partial charge >= 0.3 is 5.63 Å². The number of rotatable bonds is 4. The summed E-state index contributed by atoms with van der Waals surface area (Å²) >= 11 is 0. The van der Waals surface area contributed by atoms with Crippen LogP contribution in [0, 0.1) is 0 Å². The summed E-state index contributed by atoms with van der Waals surface area (Å²) < 4.78 is 21.9. The minimum Gasteiger partial charge on any atom is -0.496 e. The minimum absolute atomic E-state index is 0.0947. The molecule has 0 radical (unpaired) electrons. The maximum atomic E-state index is 12.4. The van der Waals surface area contributed by atoms with Crippen LogP contribution in [0.4, 0.5) is 0 Å². The van der Waals surface area contributed by atoms with E-state index in [1.54, 1.807) is 25.3 Å². The predicted octanol–water partition coefficient (Wildman–Crippen LogP) is 4.76. The monoisotopic (exact) mass is 348 g/mol. The summed E-state index contributed by atoms with van der Waals surface area (Å²) in [6.07, 6.45) is 0. The van der Waals surface area contributed by atoms with Gasteiger partial charge in [0, 0.05) is 23.6 Å². The zero-order valence-corrected chi connectivity index (χ0v) is 14.3. The first-order valence-electron chi connectivity index (χ1n) is 8.05. The quantitative estimate of drug-likeness (QED) is 0.498. The van der Waals surface area contributed by atoms with Crippen molar-refractivity contribution in [2.75, 3.05) is 14.2 Å². The average Bonchev–Trinajstić information content (AvgIpc) is 2.68. The van der Waals surface area contributed by atoms with Gasteiger partial charge in [-0.1, -0.05) is 36.4 Å². The SMILES string of the molecule is COc1cc(OC)c2cc(Oc3cccc4ccccc34)c(=O)oc2c1. The number of benzene rings is 3. The Morgan fingerprint density at radius 2 is 1.58 bits per heavy atom. The van der Waals surface area contributed by atoms with Crippen molar-refractivity contribution in [2.24, 2.45) is 0 Å². The van der Waals surface area contributed by atoms with Crippen molar-refractivity contribution >= 4 is 21.7 Å². The molecule has 26 heavy (non-hydrogen) atoms. The van der Waals surface area contributed by atoms with Crippen LogP contribution >= 0.6 is 0 Å². The zero-order valence-electron chi connectivity index (χ0n) is 14.3. The molecule has 5 nitrogen and oxygen atoms in total. The van der Waals surface area contributed by atoms with E-state index in [1.807, 2.05) is 42.5 Å². The lowest BCUT2D eigenvalue weighted by molar-refractivity contribution is 0.394. The second kappa shape index (κ2) is 6.44. The van der Waals surface area contributed by atoms with Gasteiger partial charge in [0.2, 0.25) is 5.75 Å². The van der Waals surface area contributed by atoms with Gasteiger partial charge in [-0.15, -0.1) is 0 Å². The topological polar surface area (TPSA) is 57.9 Å². The van der Waals surface area contributed by atoms with E-state index in [4.69, 9.17) is 18.6 Å². The van der Waals surface area contributed by atoms with Crippen LogP contribution in [-0.2, 0) is 0 Å². The van der Waals surface area contributed by atoms with Crippen LogP contribution in [0.15, 0.2) is 69.9 Å². The Balaban J connectivity index is 1.86. The third-order valence-corrected chi connectivity index (χ3v) is 4.18. The number of hydrogen-bond acceptors (Lipinski definition) is 5. The molecule has 0 bridgehead atoms. The first-order chi connectivity index (χ1) is 12.7. The Hall–Kier alpha value is -3.47. The van der Waals surface area contributed by atoms with Gasteiger partial charge < -0.3 is 18.6 Å². The number of fused-ring (bicyclic) bond motifs is 2. The van der Waals surface area contributed by atoms with Crippen molar-refractivity contribution in [3.8, 4) is 23.0 Å². The molecule has 0 amide bonds. The van der Waals surface area contributed by atoms with Crippen LogP contribution in [0.5, 0.6) is 23.0 Å². The fourth-order valence-corrected chi connectivity index (χ4v) is 2.90. The van der Waals surface area contributed by atoms with Crippen molar-refractivity contribution < 1.29 is 18.6 Å². The van der Waals surface area contributed by atoms with E-state index in [9.17, 15) is 4.79 Å². The Morgan fingerprint density at radius 3 is 2.38 bits per heavy atom. The van der Waals surface area contributed by atoms with Gasteiger partial charge in [-0.3, -0.25) is 0 Å². The lowest BCUT2D eigenvalue weighted by atomic mass is 10.1. The number of ether oxygens (including phenoxy) is 3. The van der Waals surface area contributed by atoms with Gasteiger partial charge in [-0.05, 0) is 11.5 Å². The van der Waals surface area contributed by atoms with Crippen LogP contribution in [0.25, 0.3) is 21.7 Å². The second-order valence-corrected chi connectivity index (χ2v) is 5.72. The smallest absolute Gasteiger partial charge is 0.379 e. The van der Waals surface area contributed by atoms with E-state index in [0.717, 1.165) is 10.8 Å². The summed E-state index contributed by atoms with van der Waals surface area (Å²) in [5, 5.41) is 2.57. The van der Waals surface area contributed by atoms with E-state index in [-0.39, 0.29) is 5.75 Å². The minimum atomic E-state index is -0.569. The Morgan fingerprint density at radius 1 is 0.769 bits per heavy atom. The first kappa shape index (κ1) is 16.0. The summed E-state index contributed by atoms with van der Waals surface area (Å²) in [6, 6.07) is 18.5. The lowest BCUT2D eigenvalue weighted by Gasteiger charge is -2.11. The van der Waals surface area contributed by atoms with E-state index in [1.165, 1.54) is 7.11 Å². The molecule has 0 aliphatic rings. The molecule has 5 heteroatoms. The van der Waals surface area contributed by atoms with Crippen molar-refractivity contribution in [1.29, 1.82) is 0 Å². The highest BCUT2D eigenvalue weighted by Gasteiger charge is 2.14. The maximum Gasteiger partial charge on any atom is 0.379 e. The normalized spacial score (nSPS) is 10.8. The molecule has 0 unspecified atom stereocenters. The van der Waals surface area contributed by atoms with Crippen LogP contribution in [-0.4, -0.2) is 14.2 Å². The van der Waals surface area contributed by atoms with E-state index < -0.39 is 5.63 Å². The molecule has 0 spiro atoms. The molecule has 0 fully saturated rings. The van der Waals surface area contributed by atoms with Crippen molar-refractivity contribution in [3.05, 3.63) is 71.1 Å². The van der Waals surface area contributed by atoms with E-state index in [2.05, 4.69) is 0 Å². The molecule has 1 heterocycles. The summed E-state index contributed by atoms with van der Waals surface area (Å²) in [5.74, 6) is 1.76. The fourth-order valence-electron chi connectivity index (χ4n) is 2.90. The van der Waals surface area contributed by atoms with Gasteiger partial charge in [0.15, 0.2) is 0 Å². The molecular weight excluding hydrogens is 332 g/mol. The van der Waals surface area contributed by atoms with Crippen LogP contribution < -0.4 is 19.8 Å². The highest BCUT2D eigenvalue weighted by atomic mass is 16.5. The summed E-state index contributed by atoms with van der Waals surface area (Å²) in [7, 11) is 3.08. The molecule has 3 aromatic carbocycles. The summed E-state index contributed by atoms with van der Waals surface area (Å²) in [4.78, 5) is 12.4. The van der Waals surface area contributed by atoms with Crippen molar-refractivity contribution in [3.63, 3.8) is 0 Å². The Labute approximate surface area is 149 Å². The molecule has 0 aliphatic heterocycles. The maximum absolute atomic E-state index is 12.4. The first-order valence-corrected chi connectivity index (χ1v) is 8.05. The number of hydrogen-bond donors (Lipinski definition) is 0. The van der Waals surface area contributed by atoms with E-state index >= 15 is 0 Å². The standard InChI is InChI=1S/C21H16O5/c1-23-14-10-18(24-2)16-12-20(21(22)26-19(16)11-14)25-17-9-5-7-13-6-3-4-8-15(13)17/h3-12H,1-2H3. The third kappa shape index (κ3) is 2.73. The Kier molecular flexibility index (Phi) is 3.97. The van der Waals surface area contributed by atoms with Crippen LogP contribution in [0.2, 0.25) is 0 Å². The molecule has 0 N–H and O–H groups in total. The molecule has 0 aliphatic carbocycles. The predicted molar refractivity (Wildman–Crippen MR) is 99.6 cm³/mol. The van der Waals surface area contributed by atoms with Gasteiger partial charge in [0.05, 0.1) is 19.6 Å². The van der Waals surface area contributed by atoms with Crippen molar-refractivity contribution in [1.82, 2.24) is 0 Å². The summed E-state index contributed by atoms with van der Waals surface area (Å²) in [5.41, 5.74) is -0.197. The largest absolute Gasteiger partial charge is 0.496 e. The van der Waals surface area contributed by atoms with Crippen LogP contribution in [0.3, 0.4) is 0 Å².